The Balaban J connectivity index is 1.17. The number of rotatable bonds is 6. The summed E-state index contributed by atoms with van der Waals surface area (Å²) >= 11 is 0. The molecule has 0 amide bonds. The SMILES string of the molecule is Cc1cnc(N2CCC(Nc3ccccc3)CC2)nc1N1CCC(Nc2ccccc2)CC1. The molecule has 0 aliphatic carbocycles. The van der Waals surface area contributed by atoms with Gasteiger partial charge in [-0.25, -0.2) is 4.98 Å². The van der Waals surface area contributed by atoms with Crippen molar-refractivity contribution in [2.75, 3.05) is 46.6 Å². The molecule has 0 radical (unpaired) electrons. The van der Waals surface area contributed by atoms with Crippen molar-refractivity contribution in [3.05, 3.63) is 72.4 Å². The molecule has 0 spiro atoms. The third-order valence-electron chi connectivity index (χ3n) is 6.79. The first-order valence-corrected chi connectivity index (χ1v) is 12.2. The summed E-state index contributed by atoms with van der Waals surface area (Å²) in [5.41, 5.74) is 3.57. The van der Waals surface area contributed by atoms with E-state index in [1.807, 2.05) is 6.20 Å². The van der Waals surface area contributed by atoms with E-state index in [9.17, 15) is 0 Å². The molecular weight excluding hydrogens is 408 g/mol. The normalized spacial score (nSPS) is 17.7. The lowest BCUT2D eigenvalue weighted by Crippen LogP contribution is -2.41. The van der Waals surface area contributed by atoms with Gasteiger partial charge >= 0.3 is 0 Å². The highest BCUT2D eigenvalue weighted by Gasteiger charge is 2.24. The molecule has 0 saturated carbocycles. The molecule has 3 aromatic rings. The van der Waals surface area contributed by atoms with Gasteiger partial charge in [0.1, 0.15) is 5.82 Å². The molecule has 6 heteroatoms. The molecule has 2 N–H and O–H groups in total. The van der Waals surface area contributed by atoms with Crippen LogP contribution in [0.2, 0.25) is 0 Å². The largest absolute Gasteiger partial charge is 0.382 e. The maximum atomic E-state index is 5.04. The minimum Gasteiger partial charge on any atom is -0.382 e. The Morgan fingerprint density at radius 1 is 0.697 bits per heavy atom. The Hall–Kier alpha value is -3.28. The first-order valence-electron chi connectivity index (χ1n) is 12.2. The number of nitrogens with zero attached hydrogens (tertiary/aromatic N) is 4. The molecule has 2 aromatic carbocycles. The molecule has 3 heterocycles. The van der Waals surface area contributed by atoms with Crippen LogP contribution in [0.4, 0.5) is 23.1 Å². The van der Waals surface area contributed by atoms with Crippen LogP contribution in [0.15, 0.2) is 66.9 Å². The maximum Gasteiger partial charge on any atom is 0.227 e. The molecule has 2 saturated heterocycles. The highest BCUT2D eigenvalue weighted by atomic mass is 15.3. The van der Waals surface area contributed by atoms with E-state index in [1.54, 1.807) is 0 Å². The van der Waals surface area contributed by atoms with Crippen molar-refractivity contribution in [3.8, 4) is 0 Å². The summed E-state index contributed by atoms with van der Waals surface area (Å²) < 4.78 is 0. The molecule has 33 heavy (non-hydrogen) atoms. The zero-order valence-electron chi connectivity index (χ0n) is 19.5. The van der Waals surface area contributed by atoms with Crippen LogP contribution in [0.5, 0.6) is 0 Å². The second-order valence-corrected chi connectivity index (χ2v) is 9.22. The highest BCUT2D eigenvalue weighted by Crippen LogP contribution is 2.26. The first kappa shape index (κ1) is 21.6. The molecule has 0 atom stereocenters. The molecule has 172 valence electrons. The average molecular weight is 443 g/mol. The van der Waals surface area contributed by atoms with Crippen molar-refractivity contribution in [1.29, 1.82) is 0 Å². The van der Waals surface area contributed by atoms with Crippen LogP contribution in [-0.4, -0.2) is 48.2 Å². The lowest BCUT2D eigenvalue weighted by molar-refractivity contribution is 0.514. The van der Waals surface area contributed by atoms with E-state index in [1.165, 1.54) is 11.4 Å². The third-order valence-corrected chi connectivity index (χ3v) is 6.79. The Morgan fingerprint density at radius 2 is 1.18 bits per heavy atom. The molecular formula is C27H34N6. The van der Waals surface area contributed by atoms with Crippen LogP contribution in [0.25, 0.3) is 0 Å². The lowest BCUT2D eigenvalue weighted by Gasteiger charge is -2.36. The van der Waals surface area contributed by atoms with E-state index < -0.39 is 0 Å². The van der Waals surface area contributed by atoms with E-state index in [-0.39, 0.29) is 0 Å². The lowest BCUT2D eigenvalue weighted by atomic mass is 10.0. The fourth-order valence-corrected chi connectivity index (χ4v) is 4.90. The summed E-state index contributed by atoms with van der Waals surface area (Å²) in [4.78, 5) is 14.5. The Kier molecular flexibility index (Phi) is 6.61. The minimum absolute atomic E-state index is 0.504. The zero-order chi connectivity index (χ0) is 22.5. The van der Waals surface area contributed by atoms with Crippen molar-refractivity contribution < 1.29 is 0 Å². The van der Waals surface area contributed by atoms with Gasteiger partial charge in [0.15, 0.2) is 0 Å². The van der Waals surface area contributed by atoms with Crippen molar-refractivity contribution in [2.24, 2.45) is 0 Å². The monoisotopic (exact) mass is 442 g/mol. The van der Waals surface area contributed by atoms with Gasteiger partial charge in [0.2, 0.25) is 5.95 Å². The van der Waals surface area contributed by atoms with Crippen molar-refractivity contribution in [3.63, 3.8) is 0 Å². The predicted molar refractivity (Wildman–Crippen MR) is 137 cm³/mol. The smallest absolute Gasteiger partial charge is 0.227 e. The Labute approximate surface area is 197 Å². The number of nitrogens with one attached hydrogen (secondary N) is 2. The first-order chi connectivity index (χ1) is 16.2. The number of aromatic nitrogens is 2. The molecule has 2 fully saturated rings. The highest BCUT2D eigenvalue weighted by molar-refractivity contribution is 5.51. The van der Waals surface area contributed by atoms with Gasteiger partial charge in [-0.3, -0.25) is 0 Å². The van der Waals surface area contributed by atoms with Gasteiger partial charge in [-0.1, -0.05) is 36.4 Å². The summed E-state index contributed by atoms with van der Waals surface area (Å²) in [7, 11) is 0. The summed E-state index contributed by atoms with van der Waals surface area (Å²) in [6, 6.07) is 22.0. The number of hydrogen-bond acceptors (Lipinski definition) is 6. The van der Waals surface area contributed by atoms with Crippen molar-refractivity contribution in [1.82, 2.24) is 9.97 Å². The minimum atomic E-state index is 0.504. The quantitative estimate of drug-likeness (QED) is 0.564. The standard InChI is InChI=1S/C27H34N6/c1-21-20-28-27(33-18-14-25(15-19-33)30-23-10-6-3-7-11-23)31-26(21)32-16-12-24(13-17-32)29-22-8-4-2-5-9-22/h2-11,20,24-25,29-30H,12-19H2,1H3. The van der Waals surface area contributed by atoms with E-state index in [2.05, 4.69) is 88.0 Å². The Morgan fingerprint density at radius 3 is 1.70 bits per heavy atom. The number of anilines is 4. The third kappa shape index (κ3) is 5.38. The van der Waals surface area contributed by atoms with Crippen molar-refractivity contribution in [2.45, 2.75) is 44.7 Å². The predicted octanol–water partition coefficient (Wildman–Crippen LogP) is 4.95. The number of piperidine rings is 2. The van der Waals surface area contributed by atoms with Gasteiger partial charge in [-0.15, -0.1) is 0 Å². The topological polar surface area (TPSA) is 56.3 Å². The van der Waals surface area contributed by atoms with Gasteiger partial charge in [-0.2, -0.15) is 4.98 Å². The molecule has 0 bridgehead atoms. The molecule has 2 aliphatic rings. The number of para-hydroxylation sites is 2. The number of aryl methyl sites for hydroxylation is 1. The number of hydrogen-bond donors (Lipinski definition) is 2. The second-order valence-electron chi connectivity index (χ2n) is 9.22. The van der Waals surface area contributed by atoms with Crippen LogP contribution in [0.3, 0.4) is 0 Å². The van der Waals surface area contributed by atoms with Gasteiger partial charge in [-0.05, 0) is 56.9 Å². The Bertz CT molecular complexity index is 1010. The van der Waals surface area contributed by atoms with Gasteiger partial charge in [0.05, 0.1) is 0 Å². The van der Waals surface area contributed by atoms with E-state index in [0.717, 1.165) is 69.2 Å². The summed E-state index contributed by atoms with van der Waals surface area (Å²) in [5.74, 6) is 1.97. The fourth-order valence-electron chi connectivity index (χ4n) is 4.90. The molecule has 6 nitrogen and oxygen atoms in total. The summed E-state index contributed by atoms with van der Waals surface area (Å²) in [6.07, 6.45) is 6.42. The zero-order valence-corrected chi connectivity index (χ0v) is 19.5. The van der Waals surface area contributed by atoms with Gasteiger partial charge in [0.25, 0.3) is 0 Å². The number of benzene rings is 2. The molecule has 1 aromatic heterocycles. The van der Waals surface area contributed by atoms with Gasteiger partial charge in [0, 0.05) is 61.4 Å². The fraction of sp³-hybridized carbons (Fsp3) is 0.407. The van der Waals surface area contributed by atoms with Crippen LogP contribution in [-0.2, 0) is 0 Å². The maximum absolute atomic E-state index is 5.04. The van der Waals surface area contributed by atoms with Crippen LogP contribution < -0.4 is 20.4 Å². The second kappa shape index (κ2) is 10.1. The molecule has 2 aliphatic heterocycles. The molecule has 5 rings (SSSR count). The summed E-state index contributed by atoms with van der Waals surface area (Å²) in [6.45, 7) is 6.13. The van der Waals surface area contributed by atoms with E-state index in [4.69, 9.17) is 9.97 Å². The molecule has 0 unspecified atom stereocenters. The van der Waals surface area contributed by atoms with Crippen LogP contribution in [0, 0.1) is 6.92 Å². The van der Waals surface area contributed by atoms with Crippen LogP contribution >= 0.6 is 0 Å². The van der Waals surface area contributed by atoms with Gasteiger partial charge < -0.3 is 20.4 Å². The van der Waals surface area contributed by atoms with Crippen molar-refractivity contribution >= 4 is 23.1 Å². The average Bonchev–Trinajstić information content (AvgIpc) is 2.87. The summed E-state index contributed by atoms with van der Waals surface area (Å²) in [5, 5.41) is 7.34. The van der Waals surface area contributed by atoms with Crippen LogP contribution in [0.1, 0.15) is 31.2 Å². The van der Waals surface area contributed by atoms with E-state index >= 15 is 0 Å². The van der Waals surface area contributed by atoms with E-state index in [0.29, 0.717) is 12.1 Å².